The molecule has 11 heteroatoms. The lowest BCUT2D eigenvalue weighted by Crippen LogP contribution is -2.32. The third-order valence-electron chi connectivity index (χ3n) is 5.14. The van der Waals surface area contributed by atoms with E-state index in [0.29, 0.717) is 29.8 Å². The van der Waals surface area contributed by atoms with Gasteiger partial charge >= 0.3 is 6.18 Å². The van der Waals surface area contributed by atoms with Gasteiger partial charge in [-0.25, -0.2) is 0 Å². The fourth-order valence-corrected chi connectivity index (χ4v) is 3.58. The maximum atomic E-state index is 13.0. The van der Waals surface area contributed by atoms with Crippen LogP contribution in [0.15, 0.2) is 36.5 Å². The van der Waals surface area contributed by atoms with Crippen LogP contribution in [0.1, 0.15) is 40.6 Å². The molecule has 0 unspecified atom stereocenters. The summed E-state index contributed by atoms with van der Waals surface area (Å²) in [4.78, 5) is 20.3. The zero-order valence-corrected chi connectivity index (χ0v) is 17.3. The lowest BCUT2D eigenvalue weighted by Gasteiger charge is -2.24. The summed E-state index contributed by atoms with van der Waals surface area (Å²) in [5.74, 6) is 0.126. The van der Waals surface area contributed by atoms with E-state index in [1.54, 1.807) is 10.7 Å². The summed E-state index contributed by atoms with van der Waals surface area (Å²) < 4.78 is 51.0. The van der Waals surface area contributed by atoms with Gasteiger partial charge in [0.1, 0.15) is 5.69 Å². The van der Waals surface area contributed by atoms with Crippen molar-refractivity contribution in [3.63, 3.8) is 0 Å². The van der Waals surface area contributed by atoms with Crippen molar-refractivity contribution < 1.29 is 27.4 Å². The van der Waals surface area contributed by atoms with Crippen LogP contribution in [0.25, 0.3) is 11.3 Å². The number of amides is 1. The quantitative estimate of drug-likeness (QED) is 0.642. The molecule has 4 rings (SSSR count). The smallest absolute Gasteiger partial charge is 0.433 e. The Kier molecular flexibility index (Phi) is 5.72. The molecule has 0 radical (unpaired) electrons. The van der Waals surface area contributed by atoms with Crippen molar-refractivity contribution >= 4 is 5.91 Å². The molecule has 168 valence electrons. The summed E-state index contributed by atoms with van der Waals surface area (Å²) in [6.45, 7) is 0.607. The molecule has 4 heterocycles. The largest absolute Gasteiger partial charge is 0.481 e. The van der Waals surface area contributed by atoms with Gasteiger partial charge in [-0.15, -0.1) is 0 Å². The lowest BCUT2D eigenvalue weighted by atomic mass is 10.0. The van der Waals surface area contributed by atoms with Crippen molar-refractivity contribution in [1.29, 1.82) is 0 Å². The highest BCUT2D eigenvalue weighted by Crippen LogP contribution is 2.33. The number of carbonyl (C=O) groups is 1. The van der Waals surface area contributed by atoms with Gasteiger partial charge in [0, 0.05) is 30.4 Å². The van der Waals surface area contributed by atoms with E-state index in [1.807, 2.05) is 0 Å². The summed E-state index contributed by atoms with van der Waals surface area (Å²) in [7, 11) is 2.88. The van der Waals surface area contributed by atoms with Crippen LogP contribution in [0.2, 0.25) is 0 Å². The third kappa shape index (κ3) is 4.36. The van der Waals surface area contributed by atoms with Crippen LogP contribution in [-0.4, -0.2) is 39.9 Å². The van der Waals surface area contributed by atoms with Gasteiger partial charge in [0.15, 0.2) is 0 Å². The Hall–Kier alpha value is -3.63. The molecule has 3 aromatic heterocycles. The Morgan fingerprint density at radius 2 is 1.88 bits per heavy atom. The molecule has 0 saturated carbocycles. The first-order valence-corrected chi connectivity index (χ1v) is 9.81. The van der Waals surface area contributed by atoms with Crippen LogP contribution in [-0.2, 0) is 12.7 Å². The van der Waals surface area contributed by atoms with Gasteiger partial charge in [-0.3, -0.25) is 14.5 Å². The molecular formula is C21H20F3N5O3. The fourth-order valence-electron chi connectivity index (χ4n) is 3.58. The predicted octanol–water partition coefficient (Wildman–Crippen LogP) is 3.64. The highest BCUT2D eigenvalue weighted by Gasteiger charge is 2.33. The highest BCUT2D eigenvalue weighted by molar-refractivity contribution is 5.95. The zero-order chi connectivity index (χ0) is 22.9. The number of methoxy groups -OCH3 is 2. The summed E-state index contributed by atoms with van der Waals surface area (Å²) in [6.07, 6.45) is -2.01. The Labute approximate surface area is 181 Å². The number of nitrogens with zero attached hydrogens (tertiary/aromatic N) is 4. The normalized spacial score (nSPS) is 15.7. The van der Waals surface area contributed by atoms with Crippen LogP contribution in [0.5, 0.6) is 11.8 Å². The molecule has 1 N–H and O–H groups in total. The molecule has 1 amide bonds. The number of aryl methyl sites for hydroxylation is 1. The first kappa shape index (κ1) is 21.6. The maximum absolute atomic E-state index is 13.0. The minimum atomic E-state index is -4.54. The summed E-state index contributed by atoms with van der Waals surface area (Å²) >= 11 is 0. The van der Waals surface area contributed by atoms with Gasteiger partial charge in [0.25, 0.3) is 5.91 Å². The molecule has 1 aliphatic rings. The first-order valence-electron chi connectivity index (χ1n) is 9.81. The SMILES string of the molecule is COc1cc(C(=O)N[C@@H]2CCCn3nc(-c4ccnc(C(F)(F)F)c4)cc32)cc(OC)n1. The predicted molar refractivity (Wildman–Crippen MR) is 107 cm³/mol. The van der Waals surface area contributed by atoms with Gasteiger partial charge in [-0.1, -0.05) is 0 Å². The van der Waals surface area contributed by atoms with E-state index in [-0.39, 0.29) is 23.7 Å². The van der Waals surface area contributed by atoms with E-state index in [9.17, 15) is 18.0 Å². The van der Waals surface area contributed by atoms with E-state index >= 15 is 0 Å². The fraction of sp³-hybridized carbons (Fsp3) is 0.333. The van der Waals surface area contributed by atoms with Gasteiger partial charge in [0.2, 0.25) is 11.8 Å². The Balaban J connectivity index is 1.60. The molecule has 0 aliphatic carbocycles. The second-order valence-corrected chi connectivity index (χ2v) is 7.21. The molecule has 0 bridgehead atoms. The second kappa shape index (κ2) is 8.48. The van der Waals surface area contributed by atoms with Crippen LogP contribution in [0, 0.1) is 0 Å². The minimum absolute atomic E-state index is 0.239. The molecule has 1 atom stereocenters. The van der Waals surface area contributed by atoms with E-state index in [2.05, 4.69) is 20.4 Å². The number of nitrogens with one attached hydrogen (secondary N) is 1. The van der Waals surface area contributed by atoms with Crippen LogP contribution in [0.3, 0.4) is 0 Å². The monoisotopic (exact) mass is 447 g/mol. The number of rotatable bonds is 5. The summed E-state index contributed by atoms with van der Waals surface area (Å²) in [5.41, 5.74) is 0.753. The topological polar surface area (TPSA) is 91.2 Å². The van der Waals surface area contributed by atoms with E-state index in [4.69, 9.17) is 9.47 Å². The number of pyridine rings is 2. The number of halogens is 3. The summed E-state index contributed by atoms with van der Waals surface area (Å²) in [5, 5.41) is 7.41. The molecule has 0 aromatic carbocycles. The highest BCUT2D eigenvalue weighted by atomic mass is 19.4. The maximum Gasteiger partial charge on any atom is 0.433 e. The molecular weight excluding hydrogens is 427 g/mol. The summed E-state index contributed by atoms with van der Waals surface area (Å²) in [6, 6.07) is 6.79. The molecule has 0 fully saturated rings. The van der Waals surface area contributed by atoms with Gasteiger partial charge < -0.3 is 14.8 Å². The van der Waals surface area contributed by atoms with Crippen LogP contribution < -0.4 is 14.8 Å². The average Bonchev–Trinajstić information content (AvgIpc) is 3.23. The average molecular weight is 447 g/mol. The third-order valence-corrected chi connectivity index (χ3v) is 5.14. The van der Waals surface area contributed by atoms with Crippen molar-refractivity contribution in [2.45, 2.75) is 31.6 Å². The van der Waals surface area contributed by atoms with Crippen molar-refractivity contribution in [2.75, 3.05) is 14.2 Å². The number of aromatic nitrogens is 4. The standard InChI is InChI=1S/C21H20F3N5O3/c1-31-18-9-13(10-19(27-18)32-2)20(30)26-14-4-3-7-29-16(14)11-15(28-29)12-5-6-25-17(8-12)21(22,23)24/h5-6,8-11,14H,3-4,7H2,1-2H3,(H,26,30)/t14-/m1/s1. The van der Waals surface area contributed by atoms with Crippen LogP contribution in [0.4, 0.5) is 13.2 Å². The van der Waals surface area contributed by atoms with E-state index in [1.165, 1.54) is 32.4 Å². The molecule has 8 nitrogen and oxygen atoms in total. The number of alkyl halides is 3. The number of hydrogen-bond acceptors (Lipinski definition) is 6. The number of hydrogen-bond donors (Lipinski definition) is 1. The van der Waals surface area contributed by atoms with Gasteiger partial charge in [-0.2, -0.15) is 23.3 Å². The van der Waals surface area contributed by atoms with Crippen molar-refractivity contribution in [3.8, 4) is 23.0 Å². The Bertz CT molecular complexity index is 1120. The number of ether oxygens (including phenoxy) is 2. The van der Waals surface area contributed by atoms with Crippen LogP contribution >= 0.6 is 0 Å². The Morgan fingerprint density at radius 1 is 1.16 bits per heavy atom. The lowest BCUT2D eigenvalue weighted by molar-refractivity contribution is -0.141. The Morgan fingerprint density at radius 3 is 2.53 bits per heavy atom. The number of carbonyl (C=O) groups excluding carboxylic acids is 1. The minimum Gasteiger partial charge on any atom is -0.481 e. The zero-order valence-electron chi connectivity index (χ0n) is 17.3. The van der Waals surface area contributed by atoms with Crippen molar-refractivity contribution in [3.05, 3.63) is 53.5 Å². The number of fused-ring (bicyclic) bond motifs is 1. The van der Waals surface area contributed by atoms with E-state index < -0.39 is 11.9 Å². The molecule has 1 aliphatic heterocycles. The van der Waals surface area contributed by atoms with Crippen molar-refractivity contribution in [2.24, 2.45) is 0 Å². The molecule has 0 saturated heterocycles. The molecule has 0 spiro atoms. The molecule has 32 heavy (non-hydrogen) atoms. The van der Waals surface area contributed by atoms with Gasteiger partial charge in [-0.05, 0) is 31.0 Å². The first-order chi connectivity index (χ1) is 15.3. The molecule has 3 aromatic rings. The van der Waals surface area contributed by atoms with Crippen molar-refractivity contribution in [1.82, 2.24) is 25.1 Å². The van der Waals surface area contributed by atoms with E-state index in [0.717, 1.165) is 24.4 Å². The second-order valence-electron chi connectivity index (χ2n) is 7.21. The van der Waals surface area contributed by atoms with Gasteiger partial charge in [0.05, 0.1) is 37.2 Å².